The van der Waals surface area contributed by atoms with Crippen LogP contribution in [0, 0.1) is 0 Å². The summed E-state index contributed by atoms with van der Waals surface area (Å²) in [6.45, 7) is 0. The number of aromatic hydroxyl groups is 3. The molecule has 5 heteroatoms. The van der Waals surface area contributed by atoms with Gasteiger partial charge in [0.05, 0.1) is 5.56 Å². The second-order valence-electron chi connectivity index (χ2n) is 4.36. The number of hydrogen-bond donors (Lipinski definition) is 3. The normalized spacial score (nSPS) is 15.2. The number of benzene rings is 2. The van der Waals surface area contributed by atoms with Crippen molar-refractivity contribution in [3.05, 3.63) is 53.3 Å². The number of phenolic OH excluding ortho intramolecular Hbond substituents is 3. The predicted molar refractivity (Wildman–Crippen MR) is 70.8 cm³/mol. The molecule has 3 rings (SSSR count). The standard InChI is InChI=1S/C15H10O5/c16-9-2-4-12(18)8(5-9)6-14-15(19)11-3-1-10(17)7-13(11)20-14/h1-7,16-18H/b14-6-. The van der Waals surface area contributed by atoms with E-state index in [1.165, 1.54) is 42.5 Å². The van der Waals surface area contributed by atoms with Crippen LogP contribution in [0.2, 0.25) is 0 Å². The van der Waals surface area contributed by atoms with Gasteiger partial charge >= 0.3 is 0 Å². The summed E-state index contributed by atoms with van der Waals surface area (Å²) in [4.78, 5) is 12.1. The summed E-state index contributed by atoms with van der Waals surface area (Å²) in [6, 6.07) is 8.18. The highest BCUT2D eigenvalue weighted by molar-refractivity contribution is 6.14. The zero-order valence-corrected chi connectivity index (χ0v) is 10.2. The maximum atomic E-state index is 12.1. The minimum Gasteiger partial charge on any atom is -0.508 e. The summed E-state index contributed by atoms with van der Waals surface area (Å²) in [5, 5.41) is 28.4. The molecule has 0 saturated heterocycles. The molecule has 1 heterocycles. The summed E-state index contributed by atoms with van der Waals surface area (Å²) in [5.74, 6) is -0.172. The van der Waals surface area contributed by atoms with Crippen molar-refractivity contribution in [3.63, 3.8) is 0 Å². The van der Waals surface area contributed by atoms with Crippen LogP contribution in [0.1, 0.15) is 15.9 Å². The number of phenols is 3. The van der Waals surface area contributed by atoms with Gasteiger partial charge in [-0.3, -0.25) is 4.79 Å². The second-order valence-corrected chi connectivity index (χ2v) is 4.36. The van der Waals surface area contributed by atoms with Crippen LogP contribution in [-0.2, 0) is 0 Å². The number of allylic oxidation sites excluding steroid dienone is 1. The molecule has 0 unspecified atom stereocenters. The van der Waals surface area contributed by atoms with Crippen LogP contribution in [0.25, 0.3) is 6.08 Å². The molecule has 0 fully saturated rings. The molecule has 2 aromatic rings. The number of rotatable bonds is 1. The lowest BCUT2D eigenvalue weighted by Gasteiger charge is -2.02. The van der Waals surface area contributed by atoms with Gasteiger partial charge in [-0.2, -0.15) is 0 Å². The Kier molecular flexibility index (Phi) is 2.61. The van der Waals surface area contributed by atoms with Gasteiger partial charge in [0, 0.05) is 11.6 Å². The molecular weight excluding hydrogens is 260 g/mol. The Morgan fingerprint density at radius 2 is 1.65 bits per heavy atom. The third-order valence-corrected chi connectivity index (χ3v) is 2.95. The minimum atomic E-state index is -0.345. The zero-order valence-electron chi connectivity index (χ0n) is 10.2. The van der Waals surface area contributed by atoms with Crippen LogP contribution in [0.3, 0.4) is 0 Å². The van der Waals surface area contributed by atoms with Crippen LogP contribution in [0.15, 0.2) is 42.2 Å². The van der Waals surface area contributed by atoms with Crippen molar-refractivity contribution in [2.24, 2.45) is 0 Å². The van der Waals surface area contributed by atoms with Crippen molar-refractivity contribution < 1.29 is 24.9 Å². The first kappa shape index (κ1) is 12.1. The Hall–Kier alpha value is -2.95. The first-order valence-corrected chi connectivity index (χ1v) is 5.84. The number of carbonyl (C=O) groups excluding carboxylic acids is 1. The predicted octanol–water partition coefficient (Wildman–Crippen LogP) is 2.42. The first-order chi connectivity index (χ1) is 9.54. The number of Topliss-reactive ketones (excluding diaryl/α,β-unsaturated/α-hetero) is 1. The largest absolute Gasteiger partial charge is 0.508 e. The molecule has 0 amide bonds. The summed E-state index contributed by atoms with van der Waals surface area (Å²) >= 11 is 0. The molecule has 5 nitrogen and oxygen atoms in total. The van der Waals surface area contributed by atoms with E-state index in [1.54, 1.807) is 0 Å². The average Bonchev–Trinajstić information content (AvgIpc) is 2.70. The molecule has 0 aromatic heterocycles. The summed E-state index contributed by atoms with van der Waals surface area (Å²) < 4.78 is 5.36. The van der Waals surface area contributed by atoms with Gasteiger partial charge in [0.2, 0.25) is 5.78 Å². The highest BCUT2D eigenvalue weighted by atomic mass is 16.5. The van der Waals surface area contributed by atoms with E-state index in [0.717, 1.165) is 0 Å². The van der Waals surface area contributed by atoms with E-state index < -0.39 is 0 Å². The smallest absolute Gasteiger partial charge is 0.231 e. The van der Waals surface area contributed by atoms with Crippen molar-refractivity contribution in [1.29, 1.82) is 0 Å². The van der Waals surface area contributed by atoms with E-state index in [1.807, 2.05) is 0 Å². The monoisotopic (exact) mass is 270 g/mol. The maximum Gasteiger partial charge on any atom is 0.231 e. The topological polar surface area (TPSA) is 87.0 Å². The second kappa shape index (κ2) is 4.31. The Labute approximate surface area is 114 Å². The Morgan fingerprint density at radius 1 is 0.950 bits per heavy atom. The lowest BCUT2D eigenvalue weighted by atomic mass is 10.1. The Morgan fingerprint density at radius 3 is 2.45 bits per heavy atom. The van der Waals surface area contributed by atoms with E-state index >= 15 is 0 Å². The minimum absolute atomic E-state index is 0.00185. The lowest BCUT2D eigenvalue weighted by molar-refractivity contribution is 0.101. The molecule has 1 aliphatic heterocycles. The SMILES string of the molecule is O=C1/C(=C/c2cc(O)ccc2O)Oc2cc(O)ccc21. The van der Waals surface area contributed by atoms with E-state index in [4.69, 9.17) is 4.74 Å². The van der Waals surface area contributed by atoms with Gasteiger partial charge in [-0.05, 0) is 36.4 Å². The number of fused-ring (bicyclic) bond motifs is 1. The number of hydrogen-bond acceptors (Lipinski definition) is 5. The molecule has 0 spiro atoms. The van der Waals surface area contributed by atoms with Crippen LogP contribution >= 0.6 is 0 Å². The quantitative estimate of drug-likeness (QED) is 0.547. The van der Waals surface area contributed by atoms with Crippen molar-refractivity contribution in [2.45, 2.75) is 0 Å². The number of carbonyl (C=O) groups is 1. The molecule has 0 radical (unpaired) electrons. The van der Waals surface area contributed by atoms with Crippen molar-refractivity contribution >= 4 is 11.9 Å². The molecule has 0 aliphatic carbocycles. The van der Waals surface area contributed by atoms with E-state index in [9.17, 15) is 20.1 Å². The van der Waals surface area contributed by atoms with Crippen molar-refractivity contribution in [2.75, 3.05) is 0 Å². The van der Waals surface area contributed by atoms with Crippen LogP contribution in [0.5, 0.6) is 23.0 Å². The van der Waals surface area contributed by atoms with Crippen molar-refractivity contribution in [3.8, 4) is 23.0 Å². The highest BCUT2D eigenvalue weighted by Crippen LogP contribution is 2.35. The fourth-order valence-corrected chi connectivity index (χ4v) is 1.97. The van der Waals surface area contributed by atoms with Crippen molar-refractivity contribution in [1.82, 2.24) is 0 Å². The Bertz CT molecular complexity index is 746. The van der Waals surface area contributed by atoms with E-state index in [-0.39, 0.29) is 40.1 Å². The molecule has 0 atom stereocenters. The molecule has 20 heavy (non-hydrogen) atoms. The Balaban J connectivity index is 2.03. The summed E-state index contributed by atoms with van der Waals surface area (Å²) in [5.41, 5.74) is 0.610. The molecular formula is C15H10O5. The average molecular weight is 270 g/mol. The number of ether oxygens (including phenoxy) is 1. The highest BCUT2D eigenvalue weighted by Gasteiger charge is 2.27. The van der Waals surface area contributed by atoms with Crippen LogP contribution < -0.4 is 4.74 Å². The molecule has 2 aromatic carbocycles. The van der Waals surface area contributed by atoms with Gasteiger partial charge in [0.15, 0.2) is 5.76 Å². The molecule has 0 bridgehead atoms. The molecule has 0 saturated carbocycles. The van der Waals surface area contributed by atoms with Gasteiger partial charge in [0.1, 0.15) is 23.0 Å². The molecule has 100 valence electrons. The van der Waals surface area contributed by atoms with E-state index in [0.29, 0.717) is 5.56 Å². The van der Waals surface area contributed by atoms with E-state index in [2.05, 4.69) is 0 Å². The fourth-order valence-electron chi connectivity index (χ4n) is 1.97. The third-order valence-electron chi connectivity index (χ3n) is 2.95. The first-order valence-electron chi connectivity index (χ1n) is 5.84. The van der Waals surface area contributed by atoms with Gasteiger partial charge in [-0.15, -0.1) is 0 Å². The van der Waals surface area contributed by atoms with Gasteiger partial charge in [0.25, 0.3) is 0 Å². The summed E-state index contributed by atoms with van der Waals surface area (Å²) in [6.07, 6.45) is 1.34. The van der Waals surface area contributed by atoms with Crippen LogP contribution in [0.4, 0.5) is 0 Å². The molecule has 1 aliphatic rings. The van der Waals surface area contributed by atoms with Crippen LogP contribution in [-0.4, -0.2) is 21.1 Å². The lowest BCUT2D eigenvalue weighted by Crippen LogP contribution is -1.98. The maximum absolute atomic E-state index is 12.1. The fraction of sp³-hybridized carbons (Fsp3) is 0. The van der Waals surface area contributed by atoms with Gasteiger partial charge in [-0.25, -0.2) is 0 Å². The zero-order chi connectivity index (χ0) is 14.3. The van der Waals surface area contributed by atoms with Gasteiger partial charge < -0.3 is 20.1 Å². The summed E-state index contributed by atoms with van der Waals surface area (Å²) in [7, 11) is 0. The van der Waals surface area contributed by atoms with Gasteiger partial charge in [-0.1, -0.05) is 0 Å². The number of ketones is 1. The third kappa shape index (κ3) is 1.95. The molecule has 3 N–H and O–H groups in total.